The molecule has 4 aromatic rings. The number of hydrogen-bond acceptors (Lipinski definition) is 8. The monoisotopic (exact) mass is 542 g/mol. The maximum atomic E-state index is 13.2. The standard InChI is InChI=1S/C31H34N4O5/c32-18-8-7-16-27(33-31(37)39-22-24-12-5-2-6-13-24)29(36)30-34-28(40-35-30)21-25-14-9-15-26(20-25)38-19-17-23-10-3-1-4-11-23/h1-6,9-15,20,27H,7-8,16-19,21-22,32H2,(H,33,37)/t27-/m0/s1. The van der Waals surface area contributed by atoms with Crippen LogP contribution in [-0.2, 0) is 24.2 Å². The average molecular weight is 543 g/mol. The summed E-state index contributed by atoms with van der Waals surface area (Å²) in [5.41, 5.74) is 8.57. The van der Waals surface area contributed by atoms with Crippen LogP contribution in [-0.4, -0.2) is 41.2 Å². The van der Waals surface area contributed by atoms with Crippen molar-refractivity contribution in [2.45, 2.75) is 44.8 Å². The van der Waals surface area contributed by atoms with E-state index in [9.17, 15) is 9.59 Å². The first-order chi connectivity index (χ1) is 19.6. The van der Waals surface area contributed by atoms with Gasteiger partial charge in [-0.1, -0.05) is 78.0 Å². The minimum absolute atomic E-state index is 0.0913. The van der Waals surface area contributed by atoms with Gasteiger partial charge in [0.15, 0.2) is 0 Å². The normalized spacial score (nSPS) is 11.5. The Morgan fingerprint density at radius 1 is 0.900 bits per heavy atom. The van der Waals surface area contributed by atoms with Crippen molar-refractivity contribution in [3.8, 4) is 5.75 Å². The van der Waals surface area contributed by atoms with Crippen LogP contribution in [0.3, 0.4) is 0 Å². The van der Waals surface area contributed by atoms with Gasteiger partial charge in [0.1, 0.15) is 12.4 Å². The van der Waals surface area contributed by atoms with Crippen molar-refractivity contribution in [2.75, 3.05) is 13.2 Å². The summed E-state index contributed by atoms with van der Waals surface area (Å²) < 4.78 is 16.6. The summed E-state index contributed by atoms with van der Waals surface area (Å²) in [6, 6.07) is 26.2. The van der Waals surface area contributed by atoms with E-state index in [-0.39, 0.29) is 18.3 Å². The van der Waals surface area contributed by atoms with E-state index >= 15 is 0 Å². The molecule has 4 rings (SSSR count). The number of ketones is 1. The molecule has 1 amide bonds. The second-order valence-corrected chi connectivity index (χ2v) is 9.33. The van der Waals surface area contributed by atoms with Crippen LogP contribution in [0.1, 0.15) is 52.5 Å². The lowest BCUT2D eigenvalue weighted by Gasteiger charge is -2.16. The lowest BCUT2D eigenvalue weighted by atomic mass is 10.0. The Bertz CT molecular complexity index is 1340. The van der Waals surface area contributed by atoms with E-state index in [1.54, 1.807) is 0 Å². The number of aromatic nitrogens is 2. The summed E-state index contributed by atoms with van der Waals surface area (Å²) in [5.74, 6) is 0.493. The first-order valence-corrected chi connectivity index (χ1v) is 13.4. The third-order valence-corrected chi connectivity index (χ3v) is 6.21. The molecular formula is C31H34N4O5. The van der Waals surface area contributed by atoms with Gasteiger partial charge < -0.3 is 25.0 Å². The number of rotatable bonds is 15. The van der Waals surface area contributed by atoms with Crippen LogP contribution < -0.4 is 15.8 Å². The van der Waals surface area contributed by atoms with Crippen molar-refractivity contribution in [1.29, 1.82) is 0 Å². The first-order valence-electron chi connectivity index (χ1n) is 13.4. The van der Waals surface area contributed by atoms with Crippen LogP contribution in [0.4, 0.5) is 4.79 Å². The maximum absolute atomic E-state index is 13.2. The fourth-order valence-electron chi connectivity index (χ4n) is 4.10. The zero-order chi connectivity index (χ0) is 28.0. The molecule has 3 aromatic carbocycles. The molecule has 0 aliphatic rings. The number of nitrogens with one attached hydrogen (secondary N) is 1. The highest BCUT2D eigenvalue weighted by atomic mass is 16.5. The van der Waals surface area contributed by atoms with Gasteiger partial charge in [0.05, 0.1) is 19.1 Å². The molecule has 3 N–H and O–H groups in total. The molecule has 0 fully saturated rings. The average Bonchev–Trinajstić information content (AvgIpc) is 3.45. The Morgan fingerprint density at radius 3 is 2.38 bits per heavy atom. The Morgan fingerprint density at radius 2 is 1.62 bits per heavy atom. The molecule has 40 heavy (non-hydrogen) atoms. The number of nitrogens with two attached hydrogens (primary N) is 1. The highest BCUT2D eigenvalue weighted by Crippen LogP contribution is 2.17. The van der Waals surface area contributed by atoms with E-state index in [0.717, 1.165) is 23.3 Å². The molecule has 1 aromatic heterocycles. The van der Waals surface area contributed by atoms with E-state index in [2.05, 4.69) is 27.6 Å². The van der Waals surface area contributed by atoms with Crippen molar-refractivity contribution in [2.24, 2.45) is 5.73 Å². The molecule has 0 aliphatic carbocycles. The van der Waals surface area contributed by atoms with Crippen LogP contribution in [0.25, 0.3) is 0 Å². The molecule has 0 radical (unpaired) electrons. The SMILES string of the molecule is NCCCC[C@H](NC(=O)OCc1ccccc1)C(=O)c1noc(Cc2cccc(OCCc3ccccc3)c2)n1. The number of benzene rings is 3. The maximum Gasteiger partial charge on any atom is 0.408 e. The number of Topliss-reactive ketones (excluding diaryl/α,β-unsaturated/α-hetero) is 1. The molecule has 0 bridgehead atoms. The zero-order valence-corrected chi connectivity index (χ0v) is 22.3. The topological polar surface area (TPSA) is 130 Å². The summed E-state index contributed by atoms with van der Waals surface area (Å²) in [6.07, 6.45) is 2.19. The van der Waals surface area contributed by atoms with E-state index < -0.39 is 17.9 Å². The quantitative estimate of drug-likeness (QED) is 0.160. The Labute approximate surface area is 233 Å². The van der Waals surface area contributed by atoms with E-state index in [0.29, 0.717) is 38.8 Å². The number of nitrogens with zero attached hydrogens (tertiary/aromatic N) is 2. The molecule has 0 spiro atoms. The first kappa shape index (κ1) is 28.5. The molecule has 208 valence electrons. The fraction of sp³-hybridized carbons (Fsp3) is 0.290. The van der Waals surface area contributed by atoms with Gasteiger partial charge in [0, 0.05) is 6.42 Å². The Hall–Kier alpha value is -4.50. The lowest BCUT2D eigenvalue weighted by molar-refractivity contribution is 0.0896. The zero-order valence-electron chi connectivity index (χ0n) is 22.3. The molecular weight excluding hydrogens is 508 g/mol. The van der Waals surface area contributed by atoms with Crippen molar-refractivity contribution in [3.05, 3.63) is 113 Å². The van der Waals surface area contributed by atoms with Crippen LogP contribution >= 0.6 is 0 Å². The van der Waals surface area contributed by atoms with Crippen molar-refractivity contribution < 1.29 is 23.6 Å². The van der Waals surface area contributed by atoms with Gasteiger partial charge in [-0.05, 0) is 54.6 Å². The van der Waals surface area contributed by atoms with E-state index in [1.165, 1.54) is 5.56 Å². The van der Waals surface area contributed by atoms with Crippen molar-refractivity contribution >= 4 is 11.9 Å². The van der Waals surface area contributed by atoms with Gasteiger partial charge in [-0.15, -0.1) is 0 Å². The number of ether oxygens (including phenoxy) is 2. The van der Waals surface area contributed by atoms with Crippen LogP contribution in [0.15, 0.2) is 89.5 Å². The van der Waals surface area contributed by atoms with Gasteiger partial charge in [0.2, 0.25) is 17.5 Å². The van der Waals surface area contributed by atoms with Crippen LogP contribution in [0, 0.1) is 0 Å². The van der Waals surface area contributed by atoms with E-state index in [1.807, 2.05) is 72.8 Å². The third kappa shape index (κ3) is 9.06. The number of alkyl carbamates (subject to hydrolysis) is 1. The van der Waals surface area contributed by atoms with Crippen molar-refractivity contribution in [3.63, 3.8) is 0 Å². The number of carbonyl (C=O) groups is 2. The molecule has 1 heterocycles. The summed E-state index contributed by atoms with van der Waals surface area (Å²) in [5, 5.41) is 6.54. The molecule has 0 aliphatic heterocycles. The predicted octanol–water partition coefficient (Wildman–Crippen LogP) is 4.89. The van der Waals surface area contributed by atoms with Gasteiger partial charge in [-0.2, -0.15) is 4.98 Å². The summed E-state index contributed by atoms with van der Waals surface area (Å²) in [6.45, 7) is 1.14. The molecule has 9 nitrogen and oxygen atoms in total. The summed E-state index contributed by atoms with van der Waals surface area (Å²) in [4.78, 5) is 29.9. The number of amides is 1. The Balaban J connectivity index is 1.33. The molecule has 0 saturated heterocycles. The predicted molar refractivity (Wildman–Crippen MR) is 150 cm³/mol. The summed E-state index contributed by atoms with van der Waals surface area (Å²) >= 11 is 0. The number of hydrogen-bond donors (Lipinski definition) is 2. The van der Waals surface area contributed by atoms with Gasteiger partial charge in [-0.3, -0.25) is 4.79 Å². The van der Waals surface area contributed by atoms with Gasteiger partial charge >= 0.3 is 6.09 Å². The number of carbonyl (C=O) groups excluding carboxylic acids is 2. The largest absolute Gasteiger partial charge is 0.493 e. The Kier molecular flexibility index (Phi) is 10.8. The highest BCUT2D eigenvalue weighted by Gasteiger charge is 2.27. The fourth-order valence-corrected chi connectivity index (χ4v) is 4.10. The van der Waals surface area contributed by atoms with Gasteiger partial charge in [-0.25, -0.2) is 4.79 Å². The van der Waals surface area contributed by atoms with Gasteiger partial charge in [0.25, 0.3) is 0 Å². The molecule has 9 heteroatoms. The minimum Gasteiger partial charge on any atom is -0.493 e. The van der Waals surface area contributed by atoms with E-state index in [4.69, 9.17) is 19.7 Å². The number of unbranched alkanes of at least 4 members (excludes halogenated alkanes) is 1. The van der Waals surface area contributed by atoms with Crippen LogP contribution in [0.2, 0.25) is 0 Å². The minimum atomic E-state index is -0.860. The molecule has 0 saturated carbocycles. The summed E-state index contributed by atoms with van der Waals surface area (Å²) in [7, 11) is 0. The highest BCUT2D eigenvalue weighted by molar-refractivity contribution is 5.98. The lowest BCUT2D eigenvalue weighted by Crippen LogP contribution is -2.41. The van der Waals surface area contributed by atoms with Crippen molar-refractivity contribution in [1.82, 2.24) is 15.5 Å². The smallest absolute Gasteiger partial charge is 0.408 e. The molecule has 0 unspecified atom stereocenters. The van der Waals surface area contributed by atoms with Crippen LogP contribution in [0.5, 0.6) is 5.75 Å². The molecule has 1 atom stereocenters. The second-order valence-electron chi connectivity index (χ2n) is 9.33. The third-order valence-electron chi connectivity index (χ3n) is 6.21. The second kappa shape index (κ2) is 15.2.